The van der Waals surface area contributed by atoms with E-state index in [0.717, 1.165) is 16.7 Å². The lowest BCUT2D eigenvalue weighted by Crippen LogP contribution is -2.23. The van der Waals surface area contributed by atoms with Crippen molar-refractivity contribution in [2.75, 3.05) is 6.26 Å². The Morgan fingerprint density at radius 2 is 1.80 bits per heavy atom. The van der Waals surface area contributed by atoms with Gasteiger partial charge < -0.3 is 14.1 Å². The molecule has 0 aliphatic heterocycles. The Labute approximate surface area is 212 Å². The molecule has 1 N–H and O–H groups in total. The van der Waals surface area contributed by atoms with E-state index in [1.165, 1.54) is 28.5 Å². The Balaban J connectivity index is 1.80. The van der Waals surface area contributed by atoms with Gasteiger partial charge in [-0.1, -0.05) is 41.6 Å². The van der Waals surface area contributed by atoms with Crippen molar-refractivity contribution in [2.45, 2.75) is 21.2 Å². The van der Waals surface area contributed by atoms with Gasteiger partial charge in [0.15, 0.2) is 11.3 Å². The van der Waals surface area contributed by atoms with E-state index in [2.05, 4.69) is 0 Å². The molecule has 3 aromatic carbocycles. The molecule has 0 saturated heterocycles. The highest BCUT2D eigenvalue weighted by Gasteiger charge is 2.23. The van der Waals surface area contributed by atoms with Crippen LogP contribution in [0.5, 0.6) is 5.75 Å². The molecule has 35 heavy (non-hydrogen) atoms. The van der Waals surface area contributed by atoms with Crippen LogP contribution in [0.4, 0.5) is 4.39 Å². The number of hydrogen-bond donors (Lipinski definition) is 1. The summed E-state index contributed by atoms with van der Waals surface area (Å²) in [6.07, 6.45) is 1.91. The second-order valence-corrected chi connectivity index (χ2v) is 10.1. The van der Waals surface area contributed by atoms with Crippen LogP contribution in [0.1, 0.15) is 5.56 Å². The predicted molar refractivity (Wildman–Crippen MR) is 139 cm³/mol. The van der Waals surface area contributed by atoms with E-state index in [1.54, 1.807) is 42.5 Å². The average molecular weight is 526 g/mol. The van der Waals surface area contributed by atoms with Crippen LogP contribution in [0.15, 0.2) is 95.4 Å². The molecule has 5 nitrogen and oxygen atoms in total. The van der Waals surface area contributed by atoms with E-state index >= 15 is 0 Å². The van der Waals surface area contributed by atoms with Crippen LogP contribution in [0.2, 0.25) is 5.02 Å². The molecule has 5 rings (SSSR count). The normalized spacial score (nSPS) is 11.4. The first-order chi connectivity index (χ1) is 16.9. The highest BCUT2D eigenvalue weighted by atomic mass is 35.5. The highest BCUT2D eigenvalue weighted by molar-refractivity contribution is 7.99. The van der Waals surface area contributed by atoms with Crippen LogP contribution in [-0.4, -0.2) is 15.9 Å². The number of hydrogen-bond acceptors (Lipinski definition) is 6. The van der Waals surface area contributed by atoms with E-state index in [4.69, 9.17) is 16.0 Å². The molecule has 0 saturated carbocycles. The molecule has 0 radical (unpaired) electrons. The molecular formula is C26H17ClFNO4S2. The van der Waals surface area contributed by atoms with Crippen molar-refractivity contribution in [3.63, 3.8) is 0 Å². The zero-order valence-corrected chi connectivity index (χ0v) is 20.6. The number of nitrogens with zero attached hydrogens (tertiary/aromatic N) is 1. The van der Waals surface area contributed by atoms with Gasteiger partial charge in [-0.25, -0.2) is 9.18 Å². The molecule has 0 spiro atoms. The summed E-state index contributed by atoms with van der Waals surface area (Å²) in [5, 5.41) is 12.1. The van der Waals surface area contributed by atoms with Crippen LogP contribution < -0.4 is 11.2 Å². The second-order valence-electron chi connectivity index (χ2n) is 7.73. The summed E-state index contributed by atoms with van der Waals surface area (Å²) in [4.78, 5) is 28.0. The van der Waals surface area contributed by atoms with Gasteiger partial charge in [-0.15, -0.1) is 11.8 Å². The van der Waals surface area contributed by atoms with Crippen molar-refractivity contribution in [2.24, 2.45) is 0 Å². The lowest BCUT2D eigenvalue weighted by atomic mass is 10.1. The smallest absolute Gasteiger partial charge is 0.354 e. The lowest BCUT2D eigenvalue weighted by molar-refractivity contribution is 0.446. The van der Waals surface area contributed by atoms with Crippen molar-refractivity contribution >= 4 is 57.0 Å². The molecule has 2 heterocycles. The minimum Gasteiger partial charge on any atom is -0.505 e. The number of aromatic hydroxyl groups is 1. The summed E-state index contributed by atoms with van der Waals surface area (Å²) in [6, 6.07) is 18.1. The first-order valence-corrected chi connectivity index (χ1v) is 12.9. The fraction of sp³-hybridized carbons (Fsp3) is 0.0769. The van der Waals surface area contributed by atoms with Crippen LogP contribution in [0.3, 0.4) is 0 Å². The molecule has 0 amide bonds. The minimum atomic E-state index is -0.758. The number of pyridine rings is 1. The molecular weight excluding hydrogens is 509 g/mol. The number of rotatable bonds is 5. The Hall–Kier alpha value is -3.20. The summed E-state index contributed by atoms with van der Waals surface area (Å²) < 4.78 is 20.6. The summed E-state index contributed by atoms with van der Waals surface area (Å²) in [5.41, 5.74) is -0.0282. The Morgan fingerprint density at radius 1 is 1.03 bits per heavy atom. The maximum Gasteiger partial charge on any atom is 0.354 e. The zero-order valence-electron chi connectivity index (χ0n) is 18.2. The number of thioether (sulfide) groups is 1. The maximum absolute atomic E-state index is 13.7. The molecule has 0 atom stereocenters. The molecule has 9 heteroatoms. The van der Waals surface area contributed by atoms with Gasteiger partial charge in [-0.2, -0.15) is 0 Å². The molecule has 5 aromatic rings. The van der Waals surface area contributed by atoms with Gasteiger partial charge in [-0.05, 0) is 60.4 Å². The number of fused-ring (bicyclic) bond motifs is 3. The van der Waals surface area contributed by atoms with Crippen molar-refractivity contribution in [1.29, 1.82) is 0 Å². The molecule has 0 bridgehead atoms. The van der Waals surface area contributed by atoms with Crippen LogP contribution in [0, 0.1) is 5.82 Å². The first kappa shape index (κ1) is 23.5. The van der Waals surface area contributed by atoms with Crippen molar-refractivity contribution < 1.29 is 13.9 Å². The lowest BCUT2D eigenvalue weighted by Gasteiger charge is -2.15. The average Bonchev–Trinajstić information content (AvgIpc) is 2.85. The van der Waals surface area contributed by atoms with Gasteiger partial charge in [0, 0.05) is 20.2 Å². The monoisotopic (exact) mass is 525 g/mol. The van der Waals surface area contributed by atoms with Gasteiger partial charge in [0.1, 0.15) is 16.1 Å². The van der Waals surface area contributed by atoms with Crippen LogP contribution >= 0.6 is 35.1 Å². The van der Waals surface area contributed by atoms with Gasteiger partial charge in [0.05, 0.1) is 12.1 Å². The topological polar surface area (TPSA) is 72.4 Å². The largest absolute Gasteiger partial charge is 0.505 e. The SMILES string of the molecule is CSc1ccc2c(c1)c1oc(=O)c(Sc3cccc(Cl)c3)c(O)c1c(=O)n2Cc1ccc(F)cc1. The van der Waals surface area contributed by atoms with Gasteiger partial charge in [-0.3, -0.25) is 4.79 Å². The third-order valence-electron chi connectivity index (χ3n) is 5.53. The zero-order chi connectivity index (χ0) is 24.7. The van der Waals surface area contributed by atoms with Gasteiger partial charge >= 0.3 is 5.63 Å². The summed E-state index contributed by atoms with van der Waals surface area (Å²) >= 11 is 8.52. The van der Waals surface area contributed by atoms with Crippen LogP contribution in [-0.2, 0) is 6.54 Å². The van der Waals surface area contributed by atoms with Crippen LogP contribution in [0.25, 0.3) is 21.9 Å². The Bertz CT molecular complexity index is 1710. The van der Waals surface area contributed by atoms with E-state index in [1.807, 2.05) is 18.4 Å². The highest BCUT2D eigenvalue weighted by Crippen LogP contribution is 2.38. The van der Waals surface area contributed by atoms with Crippen molar-refractivity contribution in [3.05, 3.63) is 104 Å². The minimum absolute atomic E-state index is 0.0224. The standard InChI is InChI=1S/C26H17ClFNO4S2/c1-34-17-9-10-20-19(12-17)23-21(25(31)29(20)13-14-5-7-16(28)8-6-14)22(30)24(26(32)33-23)35-18-4-2-3-15(27)11-18/h2-12,30H,13H2,1H3. The summed E-state index contributed by atoms with van der Waals surface area (Å²) in [5.74, 6) is -0.827. The first-order valence-electron chi connectivity index (χ1n) is 10.4. The van der Waals surface area contributed by atoms with Gasteiger partial charge in [0.2, 0.25) is 0 Å². The van der Waals surface area contributed by atoms with Crippen molar-refractivity contribution in [1.82, 2.24) is 4.57 Å². The number of halogens is 2. The molecule has 2 aromatic heterocycles. The quantitative estimate of drug-likeness (QED) is 0.208. The van der Waals surface area contributed by atoms with E-state index in [-0.39, 0.29) is 28.2 Å². The van der Waals surface area contributed by atoms with E-state index in [0.29, 0.717) is 26.4 Å². The predicted octanol–water partition coefficient (Wildman–Crippen LogP) is 6.53. The molecule has 0 aliphatic rings. The van der Waals surface area contributed by atoms with E-state index < -0.39 is 16.9 Å². The molecule has 0 fully saturated rings. The molecule has 0 unspecified atom stereocenters. The fourth-order valence-corrected chi connectivity index (χ4v) is 5.45. The Morgan fingerprint density at radius 3 is 2.51 bits per heavy atom. The molecule has 176 valence electrons. The second kappa shape index (κ2) is 9.45. The van der Waals surface area contributed by atoms with Gasteiger partial charge in [0.25, 0.3) is 5.56 Å². The third kappa shape index (κ3) is 4.45. The van der Waals surface area contributed by atoms with E-state index in [9.17, 15) is 19.1 Å². The summed E-state index contributed by atoms with van der Waals surface area (Å²) in [6.45, 7) is 0.138. The number of benzene rings is 3. The maximum atomic E-state index is 13.7. The van der Waals surface area contributed by atoms with Crippen molar-refractivity contribution in [3.8, 4) is 5.75 Å². The third-order valence-corrected chi connectivity index (χ3v) is 7.54. The summed E-state index contributed by atoms with van der Waals surface area (Å²) in [7, 11) is 0. The number of aromatic nitrogens is 1. The fourth-order valence-electron chi connectivity index (χ4n) is 3.87. The molecule has 0 aliphatic carbocycles. The Kier molecular flexibility index (Phi) is 6.35.